The van der Waals surface area contributed by atoms with E-state index in [9.17, 15) is 4.39 Å². The molecule has 0 amide bonds. The van der Waals surface area contributed by atoms with Gasteiger partial charge in [-0.2, -0.15) is 0 Å². The Labute approximate surface area is 172 Å². The Balaban J connectivity index is 1.53. The summed E-state index contributed by atoms with van der Waals surface area (Å²) in [5, 5.41) is 4.97. The van der Waals surface area contributed by atoms with Crippen LogP contribution in [0.2, 0.25) is 15.1 Å². The number of benzene rings is 2. The van der Waals surface area contributed by atoms with E-state index in [0.717, 1.165) is 38.3 Å². The van der Waals surface area contributed by atoms with Gasteiger partial charge >= 0.3 is 0 Å². The first-order valence-electron chi connectivity index (χ1n) is 8.10. The van der Waals surface area contributed by atoms with Crippen molar-refractivity contribution >= 4 is 57.8 Å². The van der Waals surface area contributed by atoms with E-state index in [-0.39, 0.29) is 5.02 Å². The molecule has 1 aliphatic rings. The van der Waals surface area contributed by atoms with E-state index in [1.165, 1.54) is 12.1 Å². The first-order chi connectivity index (χ1) is 12.4. The van der Waals surface area contributed by atoms with Crippen molar-refractivity contribution in [2.45, 2.75) is 6.54 Å². The normalized spacial score (nSPS) is 15.2. The van der Waals surface area contributed by atoms with Crippen molar-refractivity contribution in [2.24, 2.45) is 0 Å². The molecule has 0 aliphatic carbocycles. The zero-order valence-electron chi connectivity index (χ0n) is 13.8. The van der Waals surface area contributed by atoms with Gasteiger partial charge in [0.1, 0.15) is 5.82 Å². The van der Waals surface area contributed by atoms with Crippen LogP contribution in [-0.2, 0) is 6.54 Å². The highest BCUT2D eigenvalue weighted by atomic mass is 35.5. The Hall–Kier alpha value is -1.11. The Morgan fingerprint density at radius 3 is 2.46 bits per heavy atom. The van der Waals surface area contributed by atoms with Crippen molar-refractivity contribution in [3.63, 3.8) is 0 Å². The lowest BCUT2D eigenvalue weighted by atomic mass is 10.2. The van der Waals surface area contributed by atoms with Gasteiger partial charge in [0, 0.05) is 38.4 Å². The van der Waals surface area contributed by atoms with Gasteiger partial charge in [-0.05, 0) is 42.0 Å². The summed E-state index contributed by atoms with van der Waals surface area (Å²) in [7, 11) is 0. The SMILES string of the molecule is Fc1ccc(NC(=S)N2CCN(Cc3cccc(Cl)c3Cl)CC2)cc1Cl. The lowest BCUT2D eigenvalue weighted by Gasteiger charge is -2.36. The maximum atomic E-state index is 13.2. The number of anilines is 1. The number of nitrogens with zero attached hydrogens (tertiary/aromatic N) is 2. The Morgan fingerprint density at radius 1 is 1.04 bits per heavy atom. The van der Waals surface area contributed by atoms with Gasteiger partial charge in [0.25, 0.3) is 0 Å². The standard InChI is InChI=1S/C18H17Cl3FN3S/c19-14-3-1-2-12(17(14)21)11-24-6-8-25(9-7-24)18(26)23-13-4-5-16(22)15(20)10-13/h1-5,10H,6-9,11H2,(H,23,26). The molecule has 26 heavy (non-hydrogen) atoms. The van der Waals surface area contributed by atoms with Gasteiger partial charge in [0.05, 0.1) is 15.1 Å². The molecule has 0 atom stereocenters. The molecule has 138 valence electrons. The number of hydrogen-bond acceptors (Lipinski definition) is 2. The summed E-state index contributed by atoms with van der Waals surface area (Å²) in [6.45, 7) is 4.04. The second kappa shape index (κ2) is 8.72. The number of hydrogen-bond donors (Lipinski definition) is 1. The molecule has 3 rings (SSSR count). The molecule has 1 saturated heterocycles. The highest BCUT2D eigenvalue weighted by molar-refractivity contribution is 7.80. The third kappa shape index (κ3) is 4.78. The van der Waals surface area contributed by atoms with Crippen LogP contribution in [0, 0.1) is 5.82 Å². The van der Waals surface area contributed by atoms with Crippen LogP contribution < -0.4 is 5.32 Å². The molecule has 8 heteroatoms. The summed E-state index contributed by atoms with van der Waals surface area (Å²) in [6, 6.07) is 10.2. The lowest BCUT2D eigenvalue weighted by molar-refractivity contribution is 0.177. The summed E-state index contributed by atoms with van der Waals surface area (Å²) in [5.41, 5.74) is 1.70. The second-order valence-corrected chi connectivity index (χ2v) is 7.61. The van der Waals surface area contributed by atoms with E-state index >= 15 is 0 Å². The van der Waals surface area contributed by atoms with E-state index in [4.69, 9.17) is 47.0 Å². The van der Waals surface area contributed by atoms with Gasteiger partial charge in [-0.25, -0.2) is 4.39 Å². The van der Waals surface area contributed by atoms with Gasteiger partial charge in [0.15, 0.2) is 5.11 Å². The monoisotopic (exact) mass is 431 g/mol. The first-order valence-corrected chi connectivity index (χ1v) is 9.64. The van der Waals surface area contributed by atoms with E-state index in [1.807, 2.05) is 12.1 Å². The molecule has 0 radical (unpaired) electrons. The lowest BCUT2D eigenvalue weighted by Crippen LogP contribution is -2.49. The fraction of sp³-hybridized carbons (Fsp3) is 0.278. The van der Waals surface area contributed by atoms with Gasteiger partial charge < -0.3 is 10.2 Å². The summed E-state index contributed by atoms with van der Waals surface area (Å²) < 4.78 is 13.2. The molecule has 0 saturated carbocycles. The molecule has 1 heterocycles. The molecule has 3 nitrogen and oxygen atoms in total. The fourth-order valence-corrected chi connectivity index (χ4v) is 3.66. The molecule has 2 aromatic carbocycles. The van der Waals surface area contributed by atoms with E-state index in [2.05, 4.69) is 15.1 Å². The maximum absolute atomic E-state index is 13.2. The zero-order valence-corrected chi connectivity index (χ0v) is 16.9. The number of rotatable bonds is 3. The molecule has 0 bridgehead atoms. The van der Waals surface area contributed by atoms with Crippen LogP contribution in [0.15, 0.2) is 36.4 Å². The zero-order chi connectivity index (χ0) is 18.7. The van der Waals surface area contributed by atoms with E-state index in [0.29, 0.717) is 20.8 Å². The van der Waals surface area contributed by atoms with Crippen LogP contribution in [0.4, 0.5) is 10.1 Å². The minimum atomic E-state index is -0.448. The molecule has 2 aromatic rings. The molecule has 1 aliphatic heterocycles. The van der Waals surface area contributed by atoms with Gasteiger partial charge in [-0.15, -0.1) is 0 Å². The minimum Gasteiger partial charge on any atom is -0.346 e. The van der Waals surface area contributed by atoms with E-state index < -0.39 is 5.82 Å². The average molecular weight is 433 g/mol. The van der Waals surface area contributed by atoms with E-state index in [1.54, 1.807) is 12.1 Å². The summed E-state index contributed by atoms with van der Waals surface area (Å²) >= 11 is 23.6. The predicted molar refractivity (Wildman–Crippen MR) is 111 cm³/mol. The third-order valence-corrected chi connectivity index (χ3v) is 5.76. The predicted octanol–water partition coefficient (Wildman–Crippen LogP) is 5.30. The Bertz CT molecular complexity index is 810. The van der Waals surface area contributed by atoms with Gasteiger partial charge in [-0.1, -0.05) is 46.9 Å². The third-order valence-electron chi connectivity index (χ3n) is 4.26. The summed E-state index contributed by atoms with van der Waals surface area (Å²) in [4.78, 5) is 4.40. The van der Waals surface area contributed by atoms with Crippen LogP contribution in [0.3, 0.4) is 0 Å². The van der Waals surface area contributed by atoms with Crippen LogP contribution >= 0.6 is 47.0 Å². The van der Waals surface area contributed by atoms with Crippen molar-refractivity contribution in [3.05, 3.63) is 62.8 Å². The van der Waals surface area contributed by atoms with Crippen molar-refractivity contribution in [1.29, 1.82) is 0 Å². The Kier molecular flexibility index (Phi) is 6.59. The quantitative estimate of drug-likeness (QED) is 0.663. The van der Waals surface area contributed by atoms with Crippen LogP contribution in [-0.4, -0.2) is 41.1 Å². The average Bonchev–Trinajstić information content (AvgIpc) is 2.63. The summed E-state index contributed by atoms with van der Waals surface area (Å²) in [6.07, 6.45) is 0. The molecule has 1 N–H and O–H groups in total. The topological polar surface area (TPSA) is 18.5 Å². The number of halogens is 4. The molecule has 0 unspecified atom stereocenters. The smallest absolute Gasteiger partial charge is 0.173 e. The van der Waals surface area contributed by atoms with Gasteiger partial charge in [0.2, 0.25) is 0 Å². The highest BCUT2D eigenvalue weighted by Gasteiger charge is 2.20. The molecule has 0 aromatic heterocycles. The van der Waals surface area contributed by atoms with Crippen molar-refractivity contribution in [3.8, 4) is 0 Å². The molecular formula is C18H17Cl3FN3S. The number of nitrogens with one attached hydrogen (secondary N) is 1. The largest absolute Gasteiger partial charge is 0.346 e. The summed E-state index contributed by atoms with van der Waals surface area (Å²) in [5.74, 6) is -0.448. The molecular weight excluding hydrogens is 416 g/mol. The number of piperazine rings is 1. The molecule has 1 fully saturated rings. The van der Waals surface area contributed by atoms with Crippen LogP contribution in [0.1, 0.15) is 5.56 Å². The van der Waals surface area contributed by atoms with Gasteiger partial charge in [-0.3, -0.25) is 4.90 Å². The maximum Gasteiger partial charge on any atom is 0.173 e. The van der Waals surface area contributed by atoms with Crippen molar-refractivity contribution < 1.29 is 4.39 Å². The first kappa shape index (κ1) is 19.6. The minimum absolute atomic E-state index is 0.0704. The van der Waals surface area contributed by atoms with Crippen molar-refractivity contribution in [2.75, 3.05) is 31.5 Å². The number of thiocarbonyl (C=S) groups is 1. The fourth-order valence-electron chi connectivity index (χ4n) is 2.80. The van der Waals surface area contributed by atoms with Crippen LogP contribution in [0.25, 0.3) is 0 Å². The molecule has 0 spiro atoms. The highest BCUT2D eigenvalue weighted by Crippen LogP contribution is 2.27. The van der Waals surface area contributed by atoms with Crippen LogP contribution in [0.5, 0.6) is 0 Å². The Morgan fingerprint density at radius 2 is 1.77 bits per heavy atom. The second-order valence-electron chi connectivity index (χ2n) is 6.04. The van der Waals surface area contributed by atoms with Crippen molar-refractivity contribution in [1.82, 2.24) is 9.80 Å².